The van der Waals surface area contributed by atoms with Gasteiger partial charge in [-0.15, -0.1) is 0 Å². The standard InChI is InChI=1S/C9H13N3O2S/c13-15(14)4-3-8-7(5-15)9(12-11-8)10-6-1-2-6/h6H,1-5H2,(H2,10,11,12). The summed E-state index contributed by atoms with van der Waals surface area (Å²) in [5, 5.41) is 10.3. The zero-order valence-electron chi connectivity index (χ0n) is 8.28. The van der Waals surface area contributed by atoms with Crippen LogP contribution in [-0.4, -0.2) is 30.4 Å². The van der Waals surface area contributed by atoms with Gasteiger partial charge < -0.3 is 5.32 Å². The molecule has 0 radical (unpaired) electrons. The van der Waals surface area contributed by atoms with Crippen molar-refractivity contribution in [3.63, 3.8) is 0 Å². The summed E-state index contributed by atoms with van der Waals surface area (Å²) in [5.41, 5.74) is 1.83. The molecule has 5 nitrogen and oxygen atoms in total. The fourth-order valence-corrected chi connectivity index (χ4v) is 3.26. The van der Waals surface area contributed by atoms with E-state index in [9.17, 15) is 8.42 Å². The van der Waals surface area contributed by atoms with E-state index in [-0.39, 0.29) is 11.5 Å². The van der Waals surface area contributed by atoms with Gasteiger partial charge in [0.2, 0.25) is 0 Å². The molecular formula is C9H13N3O2S. The molecule has 2 heterocycles. The minimum Gasteiger partial charge on any atom is -0.366 e. The van der Waals surface area contributed by atoms with Gasteiger partial charge in [0.05, 0.1) is 11.5 Å². The fraction of sp³-hybridized carbons (Fsp3) is 0.667. The third-order valence-electron chi connectivity index (χ3n) is 2.90. The minimum absolute atomic E-state index is 0.133. The summed E-state index contributed by atoms with van der Waals surface area (Å²) in [5.74, 6) is 1.12. The molecule has 1 aromatic heterocycles. The van der Waals surface area contributed by atoms with Crippen molar-refractivity contribution in [2.75, 3.05) is 11.1 Å². The second kappa shape index (κ2) is 2.98. The first kappa shape index (κ1) is 9.21. The molecule has 1 fully saturated rings. The van der Waals surface area contributed by atoms with Crippen molar-refractivity contribution in [3.8, 4) is 0 Å². The van der Waals surface area contributed by atoms with Gasteiger partial charge in [-0.05, 0) is 12.8 Å². The van der Waals surface area contributed by atoms with Crippen molar-refractivity contribution in [2.24, 2.45) is 0 Å². The van der Waals surface area contributed by atoms with E-state index in [1.54, 1.807) is 0 Å². The van der Waals surface area contributed by atoms with Crippen LogP contribution in [0.1, 0.15) is 24.1 Å². The molecule has 0 bridgehead atoms. The molecule has 15 heavy (non-hydrogen) atoms. The molecule has 1 saturated carbocycles. The maximum atomic E-state index is 11.5. The Bertz CT molecular complexity index is 487. The molecule has 1 aromatic rings. The zero-order chi connectivity index (χ0) is 10.5. The lowest BCUT2D eigenvalue weighted by molar-refractivity contribution is 0.591. The quantitative estimate of drug-likeness (QED) is 0.769. The number of H-pyrrole nitrogens is 1. The molecule has 0 amide bonds. The summed E-state index contributed by atoms with van der Waals surface area (Å²) < 4.78 is 23.0. The Morgan fingerprint density at radius 1 is 1.40 bits per heavy atom. The van der Waals surface area contributed by atoms with E-state index >= 15 is 0 Å². The second-order valence-corrected chi connectivity index (χ2v) is 6.47. The van der Waals surface area contributed by atoms with Gasteiger partial charge in [0, 0.05) is 23.7 Å². The molecule has 1 aliphatic carbocycles. The average Bonchev–Trinajstić information content (AvgIpc) is 2.89. The Balaban J connectivity index is 1.94. The van der Waals surface area contributed by atoms with Crippen LogP contribution in [0.2, 0.25) is 0 Å². The fourth-order valence-electron chi connectivity index (χ4n) is 1.85. The largest absolute Gasteiger partial charge is 0.366 e. The Morgan fingerprint density at radius 3 is 2.93 bits per heavy atom. The third kappa shape index (κ3) is 1.73. The highest BCUT2D eigenvalue weighted by molar-refractivity contribution is 7.90. The van der Waals surface area contributed by atoms with Crippen molar-refractivity contribution in [2.45, 2.75) is 31.1 Å². The highest BCUT2D eigenvalue weighted by atomic mass is 32.2. The minimum atomic E-state index is -2.90. The predicted octanol–water partition coefficient (Wildman–Crippen LogP) is 0.455. The van der Waals surface area contributed by atoms with Crippen molar-refractivity contribution >= 4 is 15.7 Å². The van der Waals surface area contributed by atoms with Gasteiger partial charge in [0.15, 0.2) is 15.7 Å². The van der Waals surface area contributed by atoms with Crippen molar-refractivity contribution in [1.29, 1.82) is 0 Å². The predicted molar refractivity (Wildman–Crippen MR) is 56.4 cm³/mol. The topological polar surface area (TPSA) is 74.8 Å². The first-order chi connectivity index (χ1) is 7.14. The van der Waals surface area contributed by atoms with Crippen LogP contribution in [0.15, 0.2) is 0 Å². The van der Waals surface area contributed by atoms with Gasteiger partial charge in [-0.1, -0.05) is 0 Å². The monoisotopic (exact) mass is 227 g/mol. The number of aromatic amines is 1. The number of hydrogen-bond acceptors (Lipinski definition) is 4. The molecule has 82 valence electrons. The number of fused-ring (bicyclic) bond motifs is 1. The van der Waals surface area contributed by atoms with E-state index in [2.05, 4.69) is 15.5 Å². The molecule has 6 heteroatoms. The summed E-state index contributed by atoms with van der Waals surface area (Å²) in [6.07, 6.45) is 2.89. The lowest BCUT2D eigenvalue weighted by atomic mass is 10.2. The molecule has 0 unspecified atom stereocenters. The van der Waals surface area contributed by atoms with Crippen LogP contribution in [0.25, 0.3) is 0 Å². The highest BCUT2D eigenvalue weighted by Crippen LogP contribution is 2.30. The lowest BCUT2D eigenvalue weighted by Crippen LogP contribution is -2.19. The van der Waals surface area contributed by atoms with Crippen LogP contribution in [0.3, 0.4) is 0 Å². The van der Waals surface area contributed by atoms with E-state index in [4.69, 9.17) is 0 Å². The SMILES string of the molecule is O=S1(=O)CCc2[nH]nc(NC3CC3)c2C1. The Kier molecular flexibility index (Phi) is 1.83. The summed E-state index contributed by atoms with van der Waals surface area (Å²) in [4.78, 5) is 0. The maximum absolute atomic E-state index is 11.5. The van der Waals surface area contributed by atoms with Gasteiger partial charge in [0.25, 0.3) is 0 Å². The van der Waals surface area contributed by atoms with Gasteiger partial charge in [0.1, 0.15) is 0 Å². The third-order valence-corrected chi connectivity index (χ3v) is 4.45. The zero-order valence-corrected chi connectivity index (χ0v) is 9.10. The van der Waals surface area contributed by atoms with Crippen LogP contribution >= 0.6 is 0 Å². The average molecular weight is 227 g/mol. The number of nitrogens with one attached hydrogen (secondary N) is 2. The highest BCUT2D eigenvalue weighted by Gasteiger charge is 2.29. The number of rotatable bonds is 2. The van der Waals surface area contributed by atoms with Gasteiger partial charge in [-0.3, -0.25) is 5.10 Å². The maximum Gasteiger partial charge on any atom is 0.155 e. The summed E-state index contributed by atoms with van der Waals surface area (Å²) in [7, 11) is -2.90. The molecule has 3 rings (SSSR count). The van der Waals surface area contributed by atoms with Gasteiger partial charge in [-0.25, -0.2) is 8.42 Å². The van der Waals surface area contributed by atoms with Crippen molar-refractivity contribution in [3.05, 3.63) is 11.3 Å². The second-order valence-electron chi connectivity index (χ2n) is 4.29. The molecular weight excluding hydrogens is 214 g/mol. The van der Waals surface area contributed by atoms with Crippen LogP contribution in [-0.2, 0) is 22.0 Å². The van der Waals surface area contributed by atoms with E-state index in [0.29, 0.717) is 12.5 Å². The number of anilines is 1. The van der Waals surface area contributed by atoms with Crippen LogP contribution in [0.5, 0.6) is 0 Å². The van der Waals surface area contributed by atoms with Gasteiger partial charge in [-0.2, -0.15) is 5.10 Å². The van der Waals surface area contributed by atoms with E-state index < -0.39 is 9.84 Å². The molecule has 2 N–H and O–H groups in total. The van der Waals surface area contributed by atoms with Gasteiger partial charge >= 0.3 is 0 Å². The van der Waals surface area contributed by atoms with E-state index in [1.165, 1.54) is 0 Å². The molecule has 0 saturated heterocycles. The molecule has 0 atom stereocenters. The Labute approximate surface area is 88.2 Å². The Hall–Kier alpha value is -1.04. The molecule has 2 aliphatic rings. The van der Waals surface area contributed by atoms with Crippen LogP contribution in [0, 0.1) is 0 Å². The smallest absolute Gasteiger partial charge is 0.155 e. The molecule has 1 aliphatic heterocycles. The normalized spacial score (nSPS) is 23.5. The number of sulfone groups is 1. The van der Waals surface area contributed by atoms with E-state index in [0.717, 1.165) is 29.9 Å². The first-order valence-electron chi connectivity index (χ1n) is 5.17. The van der Waals surface area contributed by atoms with Crippen LogP contribution < -0.4 is 5.32 Å². The summed E-state index contributed by atoms with van der Waals surface area (Å²) >= 11 is 0. The number of nitrogens with zero attached hydrogens (tertiary/aromatic N) is 1. The van der Waals surface area contributed by atoms with Crippen molar-refractivity contribution in [1.82, 2.24) is 10.2 Å². The van der Waals surface area contributed by atoms with Crippen molar-refractivity contribution < 1.29 is 8.42 Å². The lowest BCUT2D eigenvalue weighted by Gasteiger charge is -2.12. The molecule has 0 spiro atoms. The summed E-state index contributed by atoms with van der Waals surface area (Å²) in [6, 6.07) is 0.502. The number of hydrogen-bond donors (Lipinski definition) is 2. The number of aryl methyl sites for hydroxylation is 1. The molecule has 0 aromatic carbocycles. The van der Waals surface area contributed by atoms with E-state index in [1.807, 2.05) is 0 Å². The summed E-state index contributed by atoms with van der Waals surface area (Å²) in [6.45, 7) is 0. The first-order valence-corrected chi connectivity index (χ1v) is 6.99. The Morgan fingerprint density at radius 2 is 2.20 bits per heavy atom. The number of aromatic nitrogens is 2. The van der Waals surface area contributed by atoms with Crippen LogP contribution in [0.4, 0.5) is 5.82 Å².